The number of hydrogen-bond donors (Lipinski definition) is 1. The van der Waals surface area contributed by atoms with Gasteiger partial charge in [-0.3, -0.25) is 9.36 Å². The van der Waals surface area contributed by atoms with Gasteiger partial charge in [0.05, 0.1) is 11.0 Å². The van der Waals surface area contributed by atoms with Crippen LogP contribution in [0.4, 0.5) is 0 Å². The Labute approximate surface area is 145 Å². The summed E-state index contributed by atoms with van der Waals surface area (Å²) >= 11 is 0. The highest BCUT2D eigenvalue weighted by molar-refractivity contribution is 6.02. The van der Waals surface area contributed by atoms with E-state index in [4.69, 9.17) is 0 Å². The van der Waals surface area contributed by atoms with Gasteiger partial charge in [-0.1, -0.05) is 18.2 Å². The van der Waals surface area contributed by atoms with Crippen LogP contribution in [-0.2, 0) is 7.05 Å². The Kier molecular flexibility index (Phi) is 3.80. The lowest BCUT2D eigenvalue weighted by molar-refractivity contribution is 0.152. The Morgan fingerprint density at radius 2 is 1.80 bits per heavy atom. The molecule has 1 N–H and O–H groups in total. The predicted molar refractivity (Wildman–Crippen MR) is 100 cm³/mol. The predicted octanol–water partition coefficient (Wildman–Crippen LogP) is 2.23. The van der Waals surface area contributed by atoms with Gasteiger partial charge in [-0.25, -0.2) is 4.79 Å². The number of aromatic nitrogens is 3. The number of nitrogens with one attached hydrogen (secondary N) is 1. The van der Waals surface area contributed by atoms with Crippen molar-refractivity contribution >= 4 is 21.9 Å². The molecule has 0 unspecified atom stereocenters. The Bertz CT molecular complexity index is 1050. The van der Waals surface area contributed by atoms with E-state index < -0.39 is 0 Å². The third-order valence-corrected chi connectivity index (χ3v) is 5.56. The lowest BCUT2D eigenvalue weighted by atomic mass is 10.0. The second kappa shape index (κ2) is 5.88. The quantitative estimate of drug-likeness (QED) is 0.778. The fourth-order valence-corrected chi connectivity index (χ4v) is 4.11. The molecule has 132 valence electrons. The first kappa shape index (κ1) is 16.1. The van der Waals surface area contributed by atoms with Gasteiger partial charge in [-0.15, -0.1) is 0 Å². The first-order valence-electron chi connectivity index (χ1n) is 8.95. The number of H-pyrrole nitrogens is 1. The van der Waals surface area contributed by atoms with Crippen LogP contribution < -0.4 is 11.2 Å². The molecule has 1 aliphatic rings. The zero-order valence-electron chi connectivity index (χ0n) is 15.0. The number of piperidine rings is 1. The molecule has 0 saturated carbocycles. The van der Waals surface area contributed by atoms with Gasteiger partial charge in [0.1, 0.15) is 5.52 Å². The Balaban J connectivity index is 1.90. The molecule has 25 heavy (non-hydrogen) atoms. The van der Waals surface area contributed by atoms with E-state index in [1.165, 1.54) is 0 Å². The highest BCUT2D eigenvalue weighted by atomic mass is 16.2. The molecule has 2 aromatic heterocycles. The zero-order valence-corrected chi connectivity index (χ0v) is 15.0. The van der Waals surface area contributed by atoms with Crippen molar-refractivity contribution in [1.29, 1.82) is 0 Å². The standard InChI is InChI=1S/C19H24N4O2/c1-12(2)22-10-8-13(9-11-22)23-17-16(20-19(23)25)14-6-4-5-7-15(14)21(3)18(17)24/h4-7,12-13H,8-11H2,1-3H3,(H,20,25). The van der Waals surface area contributed by atoms with Gasteiger partial charge < -0.3 is 14.5 Å². The molecule has 0 amide bonds. The van der Waals surface area contributed by atoms with Gasteiger partial charge in [-0.05, 0) is 32.8 Å². The largest absolute Gasteiger partial charge is 0.326 e. The molecule has 6 heteroatoms. The van der Waals surface area contributed by atoms with Crippen LogP contribution in [0.3, 0.4) is 0 Å². The maximum Gasteiger partial charge on any atom is 0.326 e. The minimum atomic E-state index is -0.175. The number of hydrogen-bond acceptors (Lipinski definition) is 3. The summed E-state index contributed by atoms with van der Waals surface area (Å²) in [7, 11) is 1.77. The Hall–Kier alpha value is -2.34. The minimum Gasteiger partial charge on any atom is -0.309 e. The van der Waals surface area contributed by atoms with Gasteiger partial charge in [0.2, 0.25) is 0 Å². The number of nitrogens with zero attached hydrogens (tertiary/aromatic N) is 3. The molecule has 0 bridgehead atoms. The van der Waals surface area contributed by atoms with Crippen molar-refractivity contribution < 1.29 is 0 Å². The van der Waals surface area contributed by atoms with Crippen molar-refractivity contribution in [1.82, 2.24) is 19.0 Å². The van der Waals surface area contributed by atoms with Crippen LogP contribution in [-0.4, -0.2) is 38.1 Å². The fourth-order valence-electron chi connectivity index (χ4n) is 4.11. The summed E-state index contributed by atoms with van der Waals surface area (Å²) in [4.78, 5) is 31.0. The summed E-state index contributed by atoms with van der Waals surface area (Å²) in [5, 5.41) is 0.912. The molecule has 1 saturated heterocycles. The summed E-state index contributed by atoms with van der Waals surface area (Å²) in [5.41, 5.74) is 1.72. The van der Waals surface area contributed by atoms with Crippen LogP contribution in [0, 0.1) is 0 Å². The number of imidazole rings is 1. The average molecular weight is 340 g/mol. The number of aromatic amines is 1. The molecule has 4 rings (SSSR count). The third kappa shape index (κ3) is 2.43. The summed E-state index contributed by atoms with van der Waals surface area (Å²) in [5.74, 6) is 0. The zero-order chi connectivity index (χ0) is 17.7. The number of rotatable bonds is 2. The Morgan fingerprint density at radius 1 is 1.12 bits per heavy atom. The Morgan fingerprint density at radius 3 is 2.48 bits per heavy atom. The van der Waals surface area contributed by atoms with Crippen LogP contribution in [0.2, 0.25) is 0 Å². The number of likely N-dealkylation sites (tertiary alicyclic amines) is 1. The summed E-state index contributed by atoms with van der Waals surface area (Å²) in [6.07, 6.45) is 1.78. The molecule has 3 heterocycles. The van der Waals surface area contributed by atoms with Crippen LogP contribution in [0.5, 0.6) is 0 Å². The second-order valence-corrected chi connectivity index (χ2v) is 7.27. The molecular weight excluding hydrogens is 316 g/mol. The molecule has 0 spiro atoms. The van der Waals surface area contributed by atoms with Gasteiger partial charge in [0.15, 0.2) is 0 Å². The third-order valence-electron chi connectivity index (χ3n) is 5.56. The molecule has 6 nitrogen and oxygen atoms in total. The highest BCUT2D eigenvalue weighted by Gasteiger charge is 2.26. The van der Waals surface area contributed by atoms with E-state index >= 15 is 0 Å². The topological polar surface area (TPSA) is 63.0 Å². The number of pyridine rings is 1. The van der Waals surface area contributed by atoms with E-state index in [-0.39, 0.29) is 17.3 Å². The molecule has 1 aromatic carbocycles. The summed E-state index contributed by atoms with van der Waals surface area (Å²) in [6, 6.07) is 8.29. The molecule has 0 atom stereocenters. The molecule has 1 aliphatic heterocycles. The first-order valence-corrected chi connectivity index (χ1v) is 8.95. The number of para-hydroxylation sites is 1. The fraction of sp³-hybridized carbons (Fsp3) is 0.474. The molecule has 1 fully saturated rings. The van der Waals surface area contributed by atoms with E-state index in [9.17, 15) is 9.59 Å². The van der Waals surface area contributed by atoms with E-state index in [2.05, 4.69) is 23.7 Å². The molecular formula is C19H24N4O2. The SMILES string of the molecule is CC(C)N1CCC(n2c(=O)[nH]c3c4ccccc4n(C)c(=O)c32)CC1. The first-order chi connectivity index (χ1) is 12.0. The molecule has 3 aromatic rings. The van der Waals surface area contributed by atoms with Crippen molar-refractivity contribution in [2.45, 2.75) is 38.8 Å². The van der Waals surface area contributed by atoms with Crippen LogP contribution >= 0.6 is 0 Å². The van der Waals surface area contributed by atoms with Crippen LogP contribution in [0.25, 0.3) is 21.9 Å². The lowest BCUT2D eigenvalue weighted by Crippen LogP contribution is -2.41. The van der Waals surface area contributed by atoms with Gasteiger partial charge >= 0.3 is 5.69 Å². The van der Waals surface area contributed by atoms with Crippen molar-refractivity contribution in [2.24, 2.45) is 7.05 Å². The molecule has 0 radical (unpaired) electrons. The lowest BCUT2D eigenvalue weighted by Gasteiger charge is -2.34. The molecule has 0 aliphatic carbocycles. The second-order valence-electron chi connectivity index (χ2n) is 7.27. The van der Waals surface area contributed by atoms with Gasteiger partial charge in [0, 0.05) is 37.6 Å². The van der Waals surface area contributed by atoms with Crippen molar-refractivity contribution in [2.75, 3.05) is 13.1 Å². The summed E-state index contributed by atoms with van der Waals surface area (Å²) < 4.78 is 3.35. The van der Waals surface area contributed by atoms with E-state index in [1.807, 2.05) is 24.3 Å². The normalized spacial score (nSPS) is 17.1. The van der Waals surface area contributed by atoms with Crippen LogP contribution in [0.1, 0.15) is 32.7 Å². The smallest absolute Gasteiger partial charge is 0.309 e. The van der Waals surface area contributed by atoms with Gasteiger partial charge in [-0.2, -0.15) is 0 Å². The average Bonchev–Trinajstić information content (AvgIpc) is 2.97. The van der Waals surface area contributed by atoms with E-state index in [1.54, 1.807) is 16.2 Å². The highest BCUT2D eigenvalue weighted by Crippen LogP contribution is 2.27. The van der Waals surface area contributed by atoms with Crippen molar-refractivity contribution in [3.8, 4) is 0 Å². The van der Waals surface area contributed by atoms with E-state index in [0.29, 0.717) is 17.1 Å². The van der Waals surface area contributed by atoms with E-state index in [0.717, 1.165) is 36.8 Å². The summed E-state index contributed by atoms with van der Waals surface area (Å²) in [6.45, 7) is 6.30. The monoisotopic (exact) mass is 340 g/mol. The minimum absolute atomic E-state index is 0.0742. The van der Waals surface area contributed by atoms with Crippen molar-refractivity contribution in [3.05, 3.63) is 45.1 Å². The maximum atomic E-state index is 13.0. The van der Waals surface area contributed by atoms with Gasteiger partial charge in [0.25, 0.3) is 5.56 Å². The number of aryl methyl sites for hydroxylation is 1. The van der Waals surface area contributed by atoms with Crippen molar-refractivity contribution in [3.63, 3.8) is 0 Å². The van der Waals surface area contributed by atoms with Crippen LogP contribution in [0.15, 0.2) is 33.9 Å². The number of fused-ring (bicyclic) bond motifs is 3. The maximum absolute atomic E-state index is 13.0. The number of benzene rings is 1.